The van der Waals surface area contributed by atoms with Crippen molar-refractivity contribution in [1.29, 1.82) is 0 Å². The molecule has 2 aromatic rings. The molecule has 0 fully saturated rings. The number of aromatic amines is 1. The molecule has 230 valence electrons. The highest BCUT2D eigenvalue weighted by molar-refractivity contribution is 5.94. The molecule has 0 saturated carbocycles. The van der Waals surface area contributed by atoms with Crippen LogP contribution in [0.1, 0.15) is 50.5 Å². The zero-order valence-electron chi connectivity index (χ0n) is 23.3. The summed E-state index contributed by atoms with van der Waals surface area (Å²) in [6, 6.07) is 2.54. The molecule has 2 rings (SSSR count). The number of H-pyrrole nitrogens is 1. The van der Waals surface area contributed by atoms with Crippen LogP contribution in [-0.4, -0.2) is 76.3 Å². The van der Waals surface area contributed by atoms with Crippen molar-refractivity contribution >= 4 is 46.4 Å². The summed E-state index contributed by atoms with van der Waals surface area (Å²) in [5.41, 5.74) is 23.7. The van der Waals surface area contributed by atoms with Gasteiger partial charge in [0.25, 0.3) is 0 Å². The summed E-state index contributed by atoms with van der Waals surface area (Å²) >= 11 is 0. The number of aromatic nitrogens is 1. The van der Waals surface area contributed by atoms with E-state index in [4.69, 9.17) is 22.9 Å². The molecule has 5 amide bonds. The van der Waals surface area contributed by atoms with Gasteiger partial charge in [0.05, 0.1) is 6.04 Å². The van der Waals surface area contributed by atoms with Crippen LogP contribution in [0, 0.1) is 0 Å². The van der Waals surface area contributed by atoms with Crippen LogP contribution in [0.4, 0.5) is 0 Å². The van der Waals surface area contributed by atoms with Crippen molar-refractivity contribution in [1.82, 2.24) is 20.9 Å². The summed E-state index contributed by atoms with van der Waals surface area (Å²) < 4.78 is 0. The van der Waals surface area contributed by atoms with Crippen molar-refractivity contribution < 1.29 is 33.9 Å². The van der Waals surface area contributed by atoms with Gasteiger partial charge in [-0.15, -0.1) is 0 Å². The average Bonchev–Trinajstić information content (AvgIpc) is 3.34. The molecule has 13 N–H and O–H groups in total. The summed E-state index contributed by atoms with van der Waals surface area (Å²) in [6.07, 6.45) is 2.02. The first-order valence-corrected chi connectivity index (χ1v) is 13.6. The Hall–Kier alpha value is -4.50. The van der Waals surface area contributed by atoms with Gasteiger partial charge in [0.1, 0.15) is 18.1 Å². The fraction of sp³-hybridized carbons (Fsp3) is 0.481. The Kier molecular flexibility index (Phi) is 13.4. The molecule has 0 radical (unpaired) electrons. The molecule has 1 heterocycles. The lowest BCUT2D eigenvalue weighted by Gasteiger charge is -2.25. The van der Waals surface area contributed by atoms with E-state index in [1.165, 1.54) is 0 Å². The van der Waals surface area contributed by atoms with Crippen LogP contribution in [0.25, 0.3) is 10.9 Å². The van der Waals surface area contributed by atoms with E-state index < -0.39 is 59.7 Å². The van der Waals surface area contributed by atoms with Crippen molar-refractivity contribution in [2.45, 2.75) is 75.5 Å². The smallest absolute Gasteiger partial charge is 0.326 e. The first-order chi connectivity index (χ1) is 19.9. The standard InChI is InChI=1S/C27H40N8O7/c28-12-4-3-7-19(25(39)35-21(27(41)42)9-11-23(31)37)34-26(40)20(8-10-22(30)36)33-24(38)17(29)13-15-14-32-18-6-2-1-5-16(15)18/h1-2,5-6,14,17,19-21,32H,3-4,7-13,28-29H2,(H2,30,36)(H2,31,37)(H,33,38)(H,34,40)(H,35,39)(H,41,42). The molecule has 0 aliphatic heterocycles. The summed E-state index contributed by atoms with van der Waals surface area (Å²) in [7, 11) is 0. The third kappa shape index (κ3) is 10.8. The van der Waals surface area contributed by atoms with Crippen LogP contribution in [0.3, 0.4) is 0 Å². The van der Waals surface area contributed by atoms with E-state index in [0.29, 0.717) is 19.4 Å². The highest BCUT2D eigenvalue weighted by Crippen LogP contribution is 2.19. The minimum atomic E-state index is -1.42. The summed E-state index contributed by atoms with van der Waals surface area (Å²) in [4.78, 5) is 76.6. The van der Waals surface area contributed by atoms with Gasteiger partial charge in [0.2, 0.25) is 29.5 Å². The number of primary amides is 2. The van der Waals surface area contributed by atoms with E-state index in [-0.39, 0.29) is 38.5 Å². The highest BCUT2D eigenvalue weighted by Gasteiger charge is 2.30. The molecule has 1 aromatic carbocycles. The van der Waals surface area contributed by atoms with Crippen molar-refractivity contribution in [3.63, 3.8) is 0 Å². The second-order valence-corrected chi connectivity index (χ2v) is 9.99. The first-order valence-electron chi connectivity index (χ1n) is 13.6. The van der Waals surface area contributed by atoms with Crippen molar-refractivity contribution in [3.8, 4) is 0 Å². The zero-order valence-corrected chi connectivity index (χ0v) is 23.3. The number of carboxylic acids is 1. The highest BCUT2D eigenvalue weighted by atomic mass is 16.4. The third-order valence-corrected chi connectivity index (χ3v) is 6.64. The number of hydrogen-bond donors (Lipinski definition) is 9. The second-order valence-electron chi connectivity index (χ2n) is 9.99. The number of aliphatic carboxylic acids is 1. The largest absolute Gasteiger partial charge is 0.480 e. The predicted octanol–water partition coefficient (Wildman–Crippen LogP) is -1.76. The van der Waals surface area contributed by atoms with Gasteiger partial charge in [0.15, 0.2) is 0 Å². The Labute approximate surface area is 242 Å². The molecule has 4 unspecified atom stereocenters. The number of nitrogens with two attached hydrogens (primary N) is 4. The van der Waals surface area contributed by atoms with Gasteiger partial charge in [-0.2, -0.15) is 0 Å². The van der Waals surface area contributed by atoms with E-state index in [9.17, 15) is 33.9 Å². The van der Waals surface area contributed by atoms with E-state index in [1.54, 1.807) is 6.20 Å². The minimum absolute atomic E-state index is 0.105. The summed E-state index contributed by atoms with van der Waals surface area (Å²) in [5.74, 6) is -5.09. The van der Waals surface area contributed by atoms with Crippen molar-refractivity contribution in [3.05, 3.63) is 36.0 Å². The topological polar surface area (TPSA) is 279 Å². The Morgan fingerprint density at radius 3 is 1.93 bits per heavy atom. The van der Waals surface area contributed by atoms with Crippen LogP contribution >= 0.6 is 0 Å². The van der Waals surface area contributed by atoms with Crippen molar-refractivity contribution in [2.75, 3.05) is 6.54 Å². The summed E-state index contributed by atoms with van der Waals surface area (Å²) in [5, 5.41) is 17.7. The monoisotopic (exact) mass is 588 g/mol. The number of amides is 5. The molecule has 42 heavy (non-hydrogen) atoms. The van der Waals surface area contributed by atoms with Gasteiger partial charge < -0.3 is 49.0 Å². The number of carbonyl (C=O) groups is 6. The van der Waals surface area contributed by atoms with Crippen LogP contribution in [0.5, 0.6) is 0 Å². The molecule has 4 atom stereocenters. The maximum atomic E-state index is 13.3. The van der Waals surface area contributed by atoms with Crippen LogP contribution in [0.15, 0.2) is 30.5 Å². The molecule has 1 aromatic heterocycles. The van der Waals surface area contributed by atoms with Crippen LogP contribution < -0.4 is 38.9 Å². The number of rotatable bonds is 19. The van der Waals surface area contributed by atoms with E-state index in [0.717, 1.165) is 16.5 Å². The molecule has 0 spiro atoms. The minimum Gasteiger partial charge on any atom is -0.480 e. The molecular formula is C27H40N8O7. The van der Waals surface area contributed by atoms with Crippen LogP contribution in [-0.2, 0) is 35.2 Å². The van der Waals surface area contributed by atoms with Gasteiger partial charge in [-0.25, -0.2) is 4.79 Å². The number of hydrogen-bond acceptors (Lipinski definition) is 8. The Morgan fingerprint density at radius 1 is 0.786 bits per heavy atom. The number of fused-ring (bicyclic) bond motifs is 1. The quantitative estimate of drug-likeness (QED) is 0.0839. The maximum absolute atomic E-state index is 13.3. The normalized spacial score (nSPS) is 13.9. The molecule has 0 saturated heterocycles. The number of carbonyl (C=O) groups excluding carboxylic acids is 5. The fourth-order valence-electron chi connectivity index (χ4n) is 4.31. The third-order valence-electron chi connectivity index (χ3n) is 6.64. The van der Waals surface area contributed by atoms with Gasteiger partial charge in [0, 0.05) is 29.9 Å². The van der Waals surface area contributed by atoms with E-state index in [2.05, 4.69) is 20.9 Å². The number of benzene rings is 1. The van der Waals surface area contributed by atoms with Crippen LogP contribution in [0.2, 0.25) is 0 Å². The lowest BCUT2D eigenvalue weighted by Crippen LogP contribution is -2.57. The number of carboxylic acid groups (broad SMARTS) is 1. The van der Waals surface area contributed by atoms with Gasteiger partial charge in [-0.3, -0.25) is 24.0 Å². The lowest BCUT2D eigenvalue weighted by atomic mass is 10.0. The van der Waals surface area contributed by atoms with Gasteiger partial charge >= 0.3 is 5.97 Å². The molecule has 15 nitrogen and oxygen atoms in total. The molecule has 15 heteroatoms. The lowest BCUT2D eigenvalue weighted by molar-refractivity contribution is -0.142. The van der Waals surface area contributed by atoms with E-state index in [1.807, 2.05) is 24.3 Å². The fourth-order valence-corrected chi connectivity index (χ4v) is 4.31. The molecule has 0 aliphatic carbocycles. The molecule has 0 bridgehead atoms. The average molecular weight is 589 g/mol. The maximum Gasteiger partial charge on any atom is 0.326 e. The number of para-hydroxylation sites is 1. The summed E-state index contributed by atoms with van der Waals surface area (Å²) in [6.45, 7) is 0.324. The van der Waals surface area contributed by atoms with E-state index >= 15 is 0 Å². The Morgan fingerprint density at radius 2 is 1.33 bits per heavy atom. The first kappa shape index (κ1) is 33.7. The number of nitrogens with one attached hydrogen (secondary N) is 4. The zero-order chi connectivity index (χ0) is 31.2. The van der Waals surface area contributed by atoms with Gasteiger partial charge in [-0.05, 0) is 56.7 Å². The van der Waals surface area contributed by atoms with Crippen molar-refractivity contribution in [2.24, 2.45) is 22.9 Å². The Bertz CT molecular complexity index is 1260. The van der Waals surface area contributed by atoms with Gasteiger partial charge in [-0.1, -0.05) is 18.2 Å². The predicted molar refractivity (Wildman–Crippen MR) is 153 cm³/mol. The Balaban J connectivity index is 2.15. The second kappa shape index (κ2) is 16.7. The SMILES string of the molecule is NCCCCC(NC(=O)C(CCC(N)=O)NC(=O)C(N)Cc1c[nH]c2ccccc12)C(=O)NC(CCC(N)=O)C(=O)O. The molecular weight excluding hydrogens is 548 g/mol. The number of unbranched alkanes of at least 4 members (excludes halogenated alkanes) is 1. The molecule has 0 aliphatic rings.